The van der Waals surface area contributed by atoms with Crippen molar-refractivity contribution in [2.75, 3.05) is 0 Å². The van der Waals surface area contributed by atoms with Gasteiger partial charge in [0.05, 0.1) is 16.1 Å². The molecule has 1 saturated carbocycles. The summed E-state index contributed by atoms with van der Waals surface area (Å²) in [6.45, 7) is 6.25. The first-order valence-corrected chi connectivity index (χ1v) is 8.41. The Morgan fingerprint density at radius 1 is 1.36 bits per heavy atom. The van der Waals surface area contributed by atoms with Gasteiger partial charge in [0, 0.05) is 17.4 Å². The molecule has 5 heteroatoms. The standard InChI is InChI=1S/C17H21BrO4/c1-9-4-5-13(19)16(2,3)17(9)8-11-6-10(15(20)21)7-12(18)14(11)22-17/h6-7,9,13,19H,4-5,8H2,1-3H3,(H,20,21)/t9-,13+,17+/m0/s1. The Balaban J connectivity index is 2.09. The van der Waals surface area contributed by atoms with Gasteiger partial charge in [0.1, 0.15) is 11.4 Å². The van der Waals surface area contributed by atoms with Crippen LogP contribution in [0.3, 0.4) is 0 Å². The summed E-state index contributed by atoms with van der Waals surface area (Å²) in [4.78, 5) is 11.3. The lowest BCUT2D eigenvalue weighted by Crippen LogP contribution is -2.61. The number of hydrogen-bond acceptors (Lipinski definition) is 3. The molecule has 1 spiro atoms. The number of carbonyl (C=O) groups is 1. The monoisotopic (exact) mass is 368 g/mol. The van der Waals surface area contributed by atoms with Crippen molar-refractivity contribution < 1.29 is 19.7 Å². The lowest BCUT2D eigenvalue weighted by atomic mass is 9.58. The highest BCUT2D eigenvalue weighted by molar-refractivity contribution is 9.10. The molecular weight excluding hydrogens is 348 g/mol. The first kappa shape index (κ1) is 15.8. The summed E-state index contributed by atoms with van der Waals surface area (Å²) in [7, 11) is 0. The quantitative estimate of drug-likeness (QED) is 0.793. The molecule has 2 N–H and O–H groups in total. The van der Waals surface area contributed by atoms with Gasteiger partial charge in [0.15, 0.2) is 0 Å². The summed E-state index contributed by atoms with van der Waals surface area (Å²) in [5, 5.41) is 19.7. The van der Waals surface area contributed by atoms with Crippen molar-refractivity contribution in [2.45, 2.75) is 51.7 Å². The van der Waals surface area contributed by atoms with Crippen LogP contribution < -0.4 is 4.74 Å². The van der Waals surface area contributed by atoms with Crippen LogP contribution in [0, 0.1) is 11.3 Å². The van der Waals surface area contributed by atoms with Crippen molar-refractivity contribution in [1.29, 1.82) is 0 Å². The largest absolute Gasteiger partial charge is 0.485 e. The van der Waals surface area contributed by atoms with Crippen molar-refractivity contribution in [3.05, 3.63) is 27.7 Å². The van der Waals surface area contributed by atoms with E-state index in [9.17, 15) is 15.0 Å². The number of benzene rings is 1. The van der Waals surface area contributed by atoms with Crippen LogP contribution in [0.25, 0.3) is 0 Å². The predicted molar refractivity (Wildman–Crippen MR) is 86.4 cm³/mol. The van der Waals surface area contributed by atoms with Gasteiger partial charge in [0.25, 0.3) is 0 Å². The van der Waals surface area contributed by atoms with Gasteiger partial charge in [-0.1, -0.05) is 20.8 Å². The van der Waals surface area contributed by atoms with Gasteiger partial charge < -0.3 is 14.9 Å². The zero-order valence-corrected chi connectivity index (χ0v) is 14.6. The van der Waals surface area contributed by atoms with Crippen LogP contribution in [0.1, 0.15) is 49.5 Å². The van der Waals surface area contributed by atoms with Gasteiger partial charge in [-0.15, -0.1) is 0 Å². The Morgan fingerprint density at radius 2 is 2.05 bits per heavy atom. The van der Waals surface area contributed by atoms with E-state index in [1.807, 2.05) is 13.8 Å². The third-order valence-electron chi connectivity index (χ3n) is 5.70. The van der Waals surface area contributed by atoms with Gasteiger partial charge >= 0.3 is 5.97 Å². The second kappa shape index (κ2) is 4.96. The molecule has 1 heterocycles. The van der Waals surface area contributed by atoms with E-state index in [1.54, 1.807) is 12.1 Å². The molecule has 0 saturated heterocycles. The molecule has 0 bridgehead atoms. The summed E-state index contributed by atoms with van der Waals surface area (Å²) in [5.74, 6) is 0.0675. The molecule has 1 aliphatic carbocycles. The second-order valence-electron chi connectivity index (χ2n) is 7.14. The van der Waals surface area contributed by atoms with Gasteiger partial charge in [-0.2, -0.15) is 0 Å². The predicted octanol–water partition coefficient (Wildman–Crippen LogP) is 3.64. The molecule has 0 amide bonds. The highest BCUT2D eigenvalue weighted by Crippen LogP contribution is 2.56. The molecule has 4 nitrogen and oxygen atoms in total. The van der Waals surface area contributed by atoms with Crippen LogP contribution in [0.2, 0.25) is 0 Å². The van der Waals surface area contributed by atoms with Crippen LogP contribution in [-0.2, 0) is 6.42 Å². The number of rotatable bonds is 1. The van der Waals surface area contributed by atoms with Crippen molar-refractivity contribution in [3.63, 3.8) is 0 Å². The molecule has 0 unspecified atom stereocenters. The van der Waals surface area contributed by atoms with Crippen molar-refractivity contribution >= 4 is 21.9 Å². The van der Waals surface area contributed by atoms with E-state index in [1.165, 1.54) is 0 Å². The van der Waals surface area contributed by atoms with E-state index < -0.39 is 23.1 Å². The molecule has 1 aliphatic heterocycles. The number of ether oxygens (including phenoxy) is 1. The van der Waals surface area contributed by atoms with Crippen LogP contribution in [-0.4, -0.2) is 27.9 Å². The molecule has 1 aromatic rings. The Bertz CT molecular complexity index is 640. The minimum Gasteiger partial charge on any atom is -0.485 e. The molecule has 1 fully saturated rings. The number of carboxylic acids is 1. The number of aliphatic hydroxyl groups excluding tert-OH is 1. The number of aliphatic hydroxyl groups is 1. The average molecular weight is 369 g/mol. The van der Waals surface area contributed by atoms with E-state index in [-0.39, 0.29) is 5.56 Å². The first-order chi connectivity index (χ1) is 10.2. The molecule has 120 valence electrons. The number of carboxylic acid groups (broad SMARTS) is 1. The van der Waals surface area contributed by atoms with Gasteiger partial charge in [-0.25, -0.2) is 4.79 Å². The summed E-state index contributed by atoms with van der Waals surface area (Å²) in [6.07, 6.45) is 1.89. The first-order valence-electron chi connectivity index (χ1n) is 7.62. The maximum atomic E-state index is 11.3. The fourth-order valence-corrected chi connectivity index (χ4v) is 4.66. The Hall–Kier alpha value is -1.07. The summed E-state index contributed by atoms with van der Waals surface area (Å²) in [6, 6.07) is 3.28. The number of aromatic carboxylic acids is 1. The highest BCUT2D eigenvalue weighted by atomic mass is 79.9. The number of hydrogen-bond donors (Lipinski definition) is 2. The zero-order chi connectivity index (χ0) is 16.3. The van der Waals surface area contributed by atoms with Crippen molar-refractivity contribution in [2.24, 2.45) is 11.3 Å². The van der Waals surface area contributed by atoms with Gasteiger partial charge in [0.2, 0.25) is 0 Å². The summed E-state index contributed by atoms with van der Waals surface area (Å²) >= 11 is 3.44. The summed E-state index contributed by atoms with van der Waals surface area (Å²) < 4.78 is 7.07. The smallest absolute Gasteiger partial charge is 0.335 e. The lowest BCUT2D eigenvalue weighted by molar-refractivity contribution is -0.156. The van der Waals surface area contributed by atoms with Gasteiger partial charge in [-0.3, -0.25) is 0 Å². The molecule has 3 rings (SSSR count). The van der Waals surface area contributed by atoms with Gasteiger partial charge in [-0.05, 0) is 46.8 Å². The highest BCUT2D eigenvalue weighted by Gasteiger charge is 2.60. The third kappa shape index (κ3) is 2.02. The van der Waals surface area contributed by atoms with Crippen molar-refractivity contribution in [3.8, 4) is 5.75 Å². The minimum atomic E-state index is -0.944. The third-order valence-corrected chi connectivity index (χ3v) is 6.29. The van der Waals surface area contributed by atoms with E-state index >= 15 is 0 Å². The normalized spacial score (nSPS) is 32.6. The maximum absolute atomic E-state index is 11.3. The number of fused-ring (bicyclic) bond motifs is 1. The SMILES string of the molecule is C[C@H]1CC[C@@H](O)C(C)(C)[C@@]12Cc1cc(C(=O)O)cc(Br)c1O2. The van der Waals surface area contributed by atoms with Crippen LogP contribution in [0.15, 0.2) is 16.6 Å². The Morgan fingerprint density at radius 3 is 2.68 bits per heavy atom. The van der Waals surface area contributed by atoms with E-state index in [0.717, 1.165) is 24.2 Å². The van der Waals surface area contributed by atoms with E-state index in [4.69, 9.17) is 4.74 Å². The molecular formula is C17H21BrO4. The second-order valence-corrected chi connectivity index (χ2v) is 7.99. The molecule has 2 aliphatic rings. The summed E-state index contributed by atoms with van der Waals surface area (Å²) in [5.41, 5.74) is 0.271. The Kier molecular flexibility index (Phi) is 3.57. The van der Waals surface area contributed by atoms with Crippen LogP contribution in [0.5, 0.6) is 5.75 Å². The molecule has 22 heavy (non-hydrogen) atoms. The number of halogens is 1. The fraction of sp³-hybridized carbons (Fsp3) is 0.588. The molecule has 0 aromatic heterocycles. The topological polar surface area (TPSA) is 66.8 Å². The lowest BCUT2D eigenvalue weighted by Gasteiger charge is -2.53. The molecule has 3 atom stereocenters. The zero-order valence-electron chi connectivity index (χ0n) is 13.0. The van der Waals surface area contributed by atoms with E-state index in [2.05, 4.69) is 22.9 Å². The fourth-order valence-electron chi connectivity index (χ4n) is 4.07. The average Bonchev–Trinajstić information content (AvgIpc) is 2.84. The van der Waals surface area contributed by atoms with Crippen LogP contribution >= 0.6 is 15.9 Å². The Labute approximate surface area is 138 Å². The van der Waals surface area contributed by atoms with Crippen LogP contribution in [0.4, 0.5) is 0 Å². The minimum absolute atomic E-state index is 0.257. The van der Waals surface area contributed by atoms with E-state index in [0.29, 0.717) is 16.8 Å². The molecule has 0 radical (unpaired) electrons. The maximum Gasteiger partial charge on any atom is 0.335 e. The molecule has 1 aromatic carbocycles. The van der Waals surface area contributed by atoms with Crippen molar-refractivity contribution in [1.82, 2.24) is 0 Å².